The quantitative estimate of drug-likeness (QED) is 0.347. The smallest absolute Gasteiger partial charge is 0.335 e. The first-order valence-electron chi connectivity index (χ1n) is 11.3. The summed E-state index contributed by atoms with van der Waals surface area (Å²) in [7, 11) is -3.20. The van der Waals surface area contributed by atoms with Crippen molar-refractivity contribution >= 4 is 37.9 Å². The first-order chi connectivity index (χ1) is 17.2. The van der Waals surface area contributed by atoms with Gasteiger partial charge in [0, 0.05) is 12.8 Å². The van der Waals surface area contributed by atoms with Crippen molar-refractivity contribution in [1.82, 2.24) is 18.7 Å². The lowest BCUT2D eigenvalue weighted by molar-refractivity contribution is 0.0697. The minimum absolute atomic E-state index is 0.0383. The average Bonchev–Trinajstić information content (AvgIpc) is 3.33. The van der Waals surface area contributed by atoms with Gasteiger partial charge in [-0.25, -0.2) is 23.0 Å². The van der Waals surface area contributed by atoms with Crippen LogP contribution in [-0.2, 0) is 29.5 Å². The molecule has 0 aliphatic rings. The highest BCUT2D eigenvalue weighted by atomic mass is 32.2. The highest BCUT2D eigenvalue weighted by Gasteiger charge is 2.18. The maximum Gasteiger partial charge on any atom is 0.335 e. The number of carboxylic acids is 1. The van der Waals surface area contributed by atoms with Gasteiger partial charge in [0.15, 0.2) is 0 Å². The number of benzene rings is 3. The number of fused-ring (bicyclic) bond motifs is 2. The lowest BCUT2D eigenvalue weighted by atomic mass is 10.1. The molecule has 5 aromatic rings. The van der Waals surface area contributed by atoms with E-state index in [4.69, 9.17) is 10.1 Å². The van der Waals surface area contributed by atoms with Crippen molar-refractivity contribution in [2.45, 2.75) is 19.6 Å². The fourth-order valence-corrected chi connectivity index (χ4v) is 4.92. The van der Waals surface area contributed by atoms with Crippen LogP contribution in [0.3, 0.4) is 0 Å². The van der Waals surface area contributed by atoms with Gasteiger partial charge in [-0.3, -0.25) is 9.13 Å². The van der Waals surface area contributed by atoms with Crippen LogP contribution in [0.4, 0.5) is 0 Å². The summed E-state index contributed by atoms with van der Waals surface area (Å²) in [4.78, 5) is 29.5. The highest BCUT2D eigenvalue weighted by molar-refractivity contribution is 7.90. The molecular weight excluding hydrogens is 480 g/mol. The zero-order valence-electron chi connectivity index (χ0n) is 19.5. The van der Waals surface area contributed by atoms with E-state index in [0.29, 0.717) is 5.82 Å². The van der Waals surface area contributed by atoms with Gasteiger partial charge in [-0.2, -0.15) is 0 Å². The number of hydrogen-bond acceptors (Lipinski definition) is 5. The number of aromatic nitrogens is 4. The number of nitrogens with zero attached hydrogens (tertiary/aromatic N) is 4. The van der Waals surface area contributed by atoms with Gasteiger partial charge in [-0.05, 0) is 42.0 Å². The van der Waals surface area contributed by atoms with Gasteiger partial charge in [-0.1, -0.05) is 36.4 Å². The van der Waals surface area contributed by atoms with Gasteiger partial charge in [0.25, 0.3) is 0 Å². The number of imidazole rings is 2. The number of aryl methyl sites for hydroxylation is 1. The molecule has 9 nitrogen and oxygen atoms in total. The third-order valence-electron chi connectivity index (χ3n) is 6.19. The van der Waals surface area contributed by atoms with Crippen LogP contribution in [0.5, 0.6) is 0 Å². The maximum atomic E-state index is 13.6. The minimum atomic E-state index is -3.20. The number of carbonyl (C=O) groups is 1. The van der Waals surface area contributed by atoms with E-state index >= 15 is 0 Å². The van der Waals surface area contributed by atoms with Crippen LogP contribution in [0.1, 0.15) is 21.7 Å². The number of carboxylic acid groups (broad SMARTS) is 1. The van der Waals surface area contributed by atoms with Gasteiger partial charge in [0.2, 0.25) is 0 Å². The molecule has 0 amide bonds. The highest BCUT2D eigenvalue weighted by Crippen LogP contribution is 2.20. The summed E-state index contributed by atoms with van der Waals surface area (Å²) < 4.78 is 28.9. The molecule has 0 aliphatic heterocycles. The molecule has 0 aliphatic carbocycles. The second-order valence-electron chi connectivity index (χ2n) is 8.74. The Morgan fingerprint density at radius 1 is 0.833 bits per heavy atom. The number of rotatable bonds is 8. The van der Waals surface area contributed by atoms with E-state index in [1.807, 2.05) is 53.1 Å². The fraction of sp³-hybridized carbons (Fsp3) is 0.192. The summed E-state index contributed by atoms with van der Waals surface area (Å²) in [6, 6.07) is 21.4. The van der Waals surface area contributed by atoms with Crippen molar-refractivity contribution in [3.8, 4) is 0 Å². The van der Waals surface area contributed by atoms with Gasteiger partial charge >= 0.3 is 11.7 Å². The van der Waals surface area contributed by atoms with Crippen LogP contribution in [-0.4, -0.2) is 50.2 Å². The Kier molecular flexibility index (Phi) is 5.97. The molecule has 0 radical (unpaired) electrons. The first-order valence-corrected chi connectivity index (χ1v) is 13.4. The van der Waals surface area contributed by atoms with Crippen molar-refractivity contribution in [2.24, 2.45) is 0 Å². The zero-order chi connectivity index (χ0) is 25.4. The van der Waals surface area contributed by atoms with E-state index in [0.717, 1.165) is 27.6 Å². The molecule has 0 unspecified atom stereocenters. The Balaban J connectivity index is 1.57. The second-order valence-corrected chi connectivity index (χ2v) is 11.0. The van der Waals surface area contributed by atoms with Crippen molar-refractivity contribution in [1.29, 1.82) is 0 Å². The zero-order valence-corrected chi connectivity index (χ0v) is 20.4. The van der Waals surface area contributed by atoms with Crippen molar-refractivity contribution in [2.75, 3.05) is 12.0 Å². The van der Waals surface area contributed by atoms with Gasteiger partial charge in [-0.15, -0.1) is 0 Å². The van der Waals surface area contributed by atoms with Gasteiger partial charge in [0.1, 0.15) is 15.7 Å². The monoisotopic (exact) mass is 504 g/mol. The Labute approximate surface area is 206 Å². The molecule has 184 valence electrons. The van der Waals surface area contributed by atoms with Crippen LogP contribution in [0, 0.1) is 0 Å². The molecule has 0 atom stereocenters. The Bertz CT molecular complexity index is 1760. The summed E-state index contributed by atoms with van der Waals surface area (Å²) in [6.45, 7) is 0.678. The molecule has 2 heterocycles. The van der Waals surface area contributed by atoms with Crippen molar-refractivity contribution in [3.63, 3.8) is 0 Å². The Hall–Kier alpha value is -4.18. The predicted octanol–water partition coefficient (Wildman–Crippen LogP) is 2.99. The Morgan fingerprint density at radius 3 is 2.03 bits per heavy atom. The number of hydrogen-bond donors (Lipinski definition) is 1. The first kappa shape index (κ1) is 23.6. The van der Waals surface area contributed by atoms with E-state index in [-0.39, 0.29) is 36.6 Å². The van der Waals surface area contributed by atoms with Crippen molar-refractivity contribution < 1.29 is 18.3 Å². The molecule has 0 spiro atoms. The normalized spacial score (nSPS) is 11.9. The van der Waals surface area contributed by atoms with Crippen LogP contribution >= 0.6 is 0 Å². The molecule has 0 bridgehead atoms. The fourth-order valence-electron chi connectivity index (χ4n) is 4.41. The SMILES string of the molecule is CS(=O)(=O)CCn1c(Cn2c(=O)n(Cc3ccc(C(=O)O)cc3)c3ccccc32)nc2ccccc21. The average molecular weight is 505 g/mol. The van der Waals surface area contributed by atoms with Crippen LogP contribution in [0.25, 0.3) is 22.1 Å². The molecule has 0 fully saturated rings. The van der Waals surface area contributed by atoms with Crippen LogP contribution in [0.2, 0.25) is 0 Å². The topological polar surface area (TPSA) is 116 Å². The molecular formula is C26H24N4O5S. The Morgan fingerprint density at radius 2 is 1.42 bits per heavy atom. The second kappa shape index (κ2) is 9.12. The molecule has 1 N–H and O–H groups in total. The molecule has 0 saturated heterocycles. The molecule has 36 heavy (non-hydrogen) atoms. The van der Waals surface area contributed by atoms with E-state index in [1.54, 1.807) is 21.3 Å². The third kappa shape index (κ3) is 4.55. The standard InChI is InChI=1S/C26H24N4O5S/c1-36(34,35)15-14-28-21-7-3-2-6-20(21)27-24(28)17-30-23-9-5-4-8-22(23)29(26(30)33)16-18-10-12-19(13-11-18)25(31)32/h2-13H,14-17H2,1H3,(H,31,32). The van der Waals surface area contributed by atoms with Crippen LogP contribution in [0.15, 0.2) is 77.6 Å². The lowest BCUT2D eigenvalue weighted by Crippen LogP contribution is -2.26. The summed E-state index contributed by atoms with van der Waals surface area (Å²) in [5, 5.41) is 9.15. The lowest BCUT2D eigenvalue weighted by Gasteiger charge is -2.09. The number of sulfone groups is 1. The summed E-state index contributed by atoms with van der Waals surface area (Å²) >= 11 is 0. The number of aromatic carboxylic acids is 1. The summed E-state index contributed by atoms with van der Waals surface area (Å²) in [5.41, 5.74) is 3.75. The van der Waals surface area contributed by atoms with Crippen LogP contribution < -0.4 is 5.69 Å². The molecule has 2 aromatic heterocycles. The summed E-state index contributed by atoms with van der Waals surface area (Å²) in [6.07, 6.45) is 1.20. The maximum absolute atomic E-state index is 13.6. The molecule has 0 saturated carbocycles. The van der Waals surface area contributed by atoms with Gasteiger partial charge < -0.3 is 9.67 Å². The summed E-state index contributed by atoms with van der Waals surface area (Å²) in [5.74, 6) is -0.451. The van der Waals surface area contributed by atoms with E-state index < -0.39 is 15.8 Å². The third-order valence-corrected chi connectivity index (χ3v) is 7.11. The van der Waals surface area contributed by atoms with E-state index in [1.165, 1.54) is 18.4 Å². The van der Waals surface area contributed by atoms with E-state index in [9.17, 15) is 18.0 Å². The van der Waals surface area contributed by atoms with E-state index in [2.05, 4.69) is 0 Å². The van der Waals surface area contributed by atoms with Crippen molar-refractivity contribution in [3.05, 3.63) is 100 Å². The minimum Gasteiger partial charge on any atom is -0.478 e. The predicted molar refractivity (Wildman–Crippen MR) is 137 cm³/mol. The molecule has 10 heteroatoms. The van der Waals surface area contributed by atoms with Gasteiger partial charge in [0.05, 0.1) is 46.5 Å². The molecule has 3 aromatic carbocycles. The number of para-hydroxylation sites is 4. The largest absolute Gasteiger partial charge is 0.478 e. The molecule has 5 rings (SSSR count).